The van der Waals surface area contributed by atoms with Crippen molar-refractivity contribution in [2.75, 3.05) is 10.8 Å². The lowest BCUT2D eigenvalue weighted by Crippen LogP contribution is -2.40. The van der Waals surface area contributed by atoms with E-state index in [1.807, 2.05) is 0 Å². The van der Waals surface area contributed by atoms with Gasteiger partial charge in [-0.3, -0.25) is 19.2 Å². The van der Waals surface area contributed by atoms with E-state index in [4.69, 9.17) is 16.3 Å². The summed E-state index contributed by atoms with van der Waals surface area (Å²) in [6, 6.07) is 21.4. The standard InChI is InChI=1S/C29H22ClF3N4O6S/c30-26-15-10-22(29(31,32)33)16-27(26)36(44(41,42)25-4-2-1-3-5-25)18-28(38)35-34-17-20-8-13-24(14-9-20)43-19-21-6-11-23(12-7-21)37(39)40/h1-17H,18-19H2,(H,35,38)/b34-17-. The summed E-state index contributed by atoms with van der Waals surface area (Å²) in [6.07, 6.45) is -3.52. The van der Waals surface area contributed by atoms with Gasteiger partial charge in [0.25, 0.3) is 21.6 Å². The lowest BCUT2D eigenvalue weighted by molar-refractivity contribution is -0.384. The number of anilines is 1. The van der Waals surface area contributed by atoms with E-state index in [0.29, 0.717) is 27.8 Å². The van der Waals surface area contributed by atoms with E-state index >= 15 is 0 Å². The minimum absolute atomic E-state index is 0.0329. The molecule has 0 saturated heterocycles. The topological polar surface area (TPSA) is 131 Å². The minimum atomic E-state index is -4.79. The van der Waals surface area contributed by atoms with Crippen molar-refractivity contribution in [3.05, 3.63) is 129 Å². The molecule has 15 heteroatoms. The van der Waals surface area contributed by atoms with Crippen molar-refractivity contribution < 1.29 is 36.0 Å². The highest BCUT2D eigenvalue weighted by atomic mass is 35.5. The number of alkyl halides is 3. The van der Waals surface area contributed by atoms with Crippen LogP contribution in [0.15, 0.2) is 107 Å². The number of halogens is 4. The van der Waals surface area contributed by atoms with Crippen molar-refractivity contribution in [2.24, 2.45) is 5.10 Å². The number of benzene rings is 4. The zero-order valence-electron chi connectivity index (χ0n) is 22.4. The molecule has 0 heterocycles. The molecule has 4 aromatic carbocycles. The van der Waals surface area contributed by atoms with Gasteiger partial charge in [0.2, 0.25) is 0 Å². The molecule has 4 aromatic rings. The number of nitro benzene ring substituents is 1. The van der Waals surface area contributed by atoms with Crippen LogP contribution in [-0.2, 0) is 27.6 Å². The predicted octanol–water partition coefficient (Wildman–Crippen LogP) is 6.19. The first-order valence-corrected chi connectivity index (χ1v) is 14.4. The fourth-order valence-electron chi connectivity index (χ4n) is 3.77. The zero-order valence-corrected chi connectivity index (χ0v) is 24.0. The van der Waals surface area contributed by atoms with Crippen LogP contribution < -0.4 is 14.5 Å². The van der Waals surface area contributed by atoms with Crippen LogP contribution in [0.1, 0.15) is 16.7 Å². The third kappa shape index (κ3) is 8.11. The Kier molecular flexibility index (Phi) is 9.86. The first-order valence-electron chi connectivity index (χ1n) is 12.6. The Bertz CT molecular complexity index is 1770. The normalized spacial score (nSPS) is 11.7. The summed E-state index contributed by atoms with van der Waals surface area (Å²) in [6.45, 7) is -0.759. The number of carbonyl (C=O) groups is 1. The first-order chi connectivity index (χ1) is 20.8. The van der Waals surface area contributed by atoms with Crippen molar-refractivity contribution in [1.29, 1.82) is 0 Å². The highest BCUT2D eigenvalue weighted by Crippen LogP contribution is 2.37. The van der Waals surface area contributed by atoms with E-state index < -0.39 is 44.8 Å². The van der Waals surface area contributed by atoms with Crippen molar-refractivity contribution in [3.8, 4) is 5.75 Å². The lowest BCUT2D eigenvalue weighted by atomic mass is 10.2. The van der Waals surface area contributed by atoms with Crippen LogP contribution in [0.3, 0.4) is 0 Å². The highest BCUT2D eigenvalue weighted by Gasteiger charge is 2.34. The Labute approximate surface area is 254 Å². The minimum Gasteiger partial charge on any atom is -0.489 e. The van der Waals surface area contributed by atoms with Gasteiger partial charge >= 0.3 is 6.18 Å². The molecule has 0 aliphatic rings. The van der Waals surface area contributed by atoms with Crippen LogP contribution in [0.5, 0.6) is 5.75 Å². The smallest absolute Gasteiger partial charge is 0.416 e. The number of ether oxygens (including phenoxy) is 1. The molecule has 4 rings (SSSR count). The van der Waals surface area contributed by atoms with Crippen LogP contribution in [-0.4, -0.2) is 32.0 Å². The van der Waals surface area contributed by atoms with Gasteiger partial charge in [-0.15, -0.1) is 0 Å². The summed E-state index contributed by atoms with van der Waals surface area (Å²) in [5.74, 6) is -0.457. The number of sulfonamides is 1. The highest BCUT2D eigenvalue weighted by molar-refractivity contribution is 7.92. The number of hydrogen-bond donors (Lipinski definition) is 1. The molecule has 0 unspecified atom stereocenters. The molecule has 10 nitrogen and oxygen atoms in total. The average Bonchev–Trinajstić information content (AvgIpc) is 3.00. The molecular formula is C29H22ClF3N4O6S. The molecule has 1 N–H and O–H groups in total. The molecule has 1 amide bonds. The van der Waals surface area contributed by atoms with Gasteiger partial charge in [-0.1, -0.05) is 29.8 Å². The molecular weight excluding hydrogens is 625 g/mol. The van der Waals surface area contributed by atoms with E-state index in [-0.39, 0.29) is 22.2 Å². The van der Waals surface area contributed by atoms with Crippen molar-refractivity contribution in [1.82, 2.24) is 5.43 Å². The Balaban J connectivity index is 1.45. The fraction of sp³-hybridized carbons (Fsp3) is 0.103. The summed E-state index contributed by atoms with van der Waals surface area (Å²) >= 11 is 6.12. The first kappa shape index (κ1) is 32.0. The Morgan fingerprint density at radius 2 is 1.66 bits per heavy atom. The Morgan fingerprint density at radius 1 is 1.00 bits per heavy atom. The fourth-order valence-corrected chi connectivity index (χ4v) is 5.50. The summed E-state index contributed by atoms with van der Waals surface area (Å²) in [5.41, 5.74) is 1.71. The van der Waals surface area contributed by atoms with Crippen molar-refractivity contribution in [3.63, 3.8) is 0 Å². The van der Waals surface area contributed by atoms with Gasteiger partial charge in [0, 0.05) is 12.1 Å². The summed E-state index contributed by atoms with van der Waals surface area (Å²) in [4.78, 5) is 22.8. The Morgan fingerprint density at radius 3 is 2.27 bits per heavy atom. The molecule has 0 radical (unpaired) electrons. The number of amides is 1. The van der Waals surface area contributed by atoms with Gasteiger partial charge in [-0.25, -0.2) is 13.8 Å². The van der Waals surface area contributed by atoms with E-state index in [9.17, 15) is 36.5 Å². The second-order valence-electron chi connectivity index (χ2n) is 9.06. The summed E-state index contributed by atoms with van der Waals surface area (Å²) in [5, 5.41) is 14.3. The van der Waals surface area contributed by atoms with Gasteiger partial charge in [-0.05, 0) is 77.9 Å². The summed E-state index contributed by atoms with van der Waals surface area (Å²) in [7, 11) is -4.52. The quantitative estimate of drug-likeness (QED) is 0.117. The van der Waals surface area contributed by atoms with E-state index in [0.717, 1.165) is 11.6 Å². The average molecular weight is 647 g/mol. The number of nitrogens with zero attached hydrogens (tertiary/aromatic N) is 3. The molecule has 0 aliphatic heterocycles. The molecule has 0 saturated carbocycles. The number of hydrogen-bond acceptors (Lipinski definition) is 7. The van der Waals surface area contributed by atoms with Gasteiger partial charge < -0.3 is 4.74 Å². The van der Waals surface area contributed by atoms with E-state index in [2.05, 4.69) is 10.5 Å². The van der Waals surface area contributed by atoms with Crippen LogP contribution in [0.2, 0.25) is 5.02 Å². The molecule has 0 aliphatic carbocycles. The maximum atomic E-state index is 13.4. The largest absolute Gasteiger partial charge is 0.489 e. The molecule has 0 bridgehead atoms. The van der Waals surface area contributed by atoms with Crippen molar-refractivity contribution in [2.45, 2.75) is 17.7 Å². The van der Waals surface area contributed by atoms with Crippen molar-refractivity contribution >= 4 is 45.1 Å². The number of rotatable bonds is 11. The second kappa shape index (κ2) is 13.6. The van der Waals surface area contributed by atoms with Gasteiger partial charge in [0.1, 0.15) is 18.9 Å². The third-order valence-electron chi connectivity index (χ3n) is 6.00. The van der Waals surface area contributed by atoms with Crippen LogP contribution in [0.4, 0.5) is 24.5 Å². The lowest BCUT2D eigenvalue weighted by Gasteiger charge is -2.25. The second-order valence-corrected chi connectivity index (χ2v) is 11.3. The molecule has 0 aromatic heterocycles. The summed E-state index contributed by atoms with van der Waals surface area (Å²) < 4.78 is 73.2. The number of nitro groups is 1. The van der Waals surface area contributed by atoms with Crippen LogP contribution >= 0.6 is 11.6 Å². The van der Waals surface area contributed by atoms with E-state index in [1.165, 1.54) is 42.6 Å². The molecule has 228 valence electrons. The molecule has 0 fully saturated rings. The van der Waals surface area contributed by atoms with E-state index in [1.54, 1.807) is 42.5 Å². The SMILES string of the molecule is O=C(CN(c1cc(C(F)(F)F)ccc1Cl)S(=O)(=O)c1ccccc1)N/N=C\c1ccc(OCc2ccc([N+](=O)[O-])cc2)cc1. The maximum absolute atomic E-state index is 13.4. The van der Waals surface area contributed by atoms with Gasteiger partial charge in [0.05, 0.1) is 32.3 Å². The monoisotopic (exact) mass is 646 g/mol. The molecule has 0 spiro atoms. The van der Waals surface area contributed by atoms with Crippen LogP contribution in [0.25, 0.3) is 0 Å². The zero-order chi connectivity index (χ0) is 31.9. The number of non-ortho nitro benzene ring substituents is 1. The molecule has 44 heavy (non-hydrogen) atoms. The third-order valence-corrected chi connectivity index (χ3v) is 8.09. The van der Waals surface area contributed by atoms with Gasteiger partial charge in [-0.2, -0.15) is 18.3 Å². The number of carbonyl (C=O) groups excluding carboxylic acids is 1. The predicted molar refractivity (Wildman–Crippen MR) is 157 cm³/mol. The molecule has 0 atom stereocenters. The van der Waals surface area contributed by atoms with Gasteiger partial charge in [0.15, 0.2) is 0 Å². The maximum Gasteiger partial charge on any atom is 0.416 e. The number of hydrazone groups is 1. The van der Waals surface area contributed by atoms with Crippen LogP contribution in [0, 0.1) is 10.1 Å². The Hall–Kier alpha value is -4.95. The number of nitrogens with one attached hydrogen (secondary N) is 1.